The van der Waals surface area contributed by atoms with Crippen molar-refractivity contribution in [3.63, 3.8) is 0 Å². The molecular weight excluding hydrogens is 190 g/mol. The molecule has 2 fully saturated rings. The van der Waals surface area contributed by atoms with Gasteiger partial charge in [-0.2, -0.15) is 0 Å². The third-order valence-corrected chi connectivity index (χ3v) is 3.82. The highest BCUT2D eigenvalue weighted by molar-refractivity contribution is 4.87. The van der Waals surface area contributed by atoms with Gasteiger partial charge in [0.25, 0.3) is 0 Å². The molecule has 2 unspecified atom stereocenters. The monoisotopic (exact) mass is 213 g/mol. The van der Waals surface area contributed by atoms with E-state index < -0.39 is 0 Å². The Morgan fingerprint density at radius 3 is 2.73 bits per heavy atom. The van der Waals surface area contributed by atoms with Gasteiger partial charge in [-0.05, 0) is 32.1 Å². The van der Waals surface area contributed by atoms with E-state index in [4.69, 9.17) is 9.47 Å². The number of hydrogen-bond donors (Lipinski definition) is 1. The van der Waals surface area contributed by atoms with Crippen LogP contribution in [-0.2, 0) is 9.47 Å². The molecule has 0 aliphatic carbocycles. The van der Waals surface area contributed by atoms with Crippen LogP contribution in [0.3, 0.4) is 0 Å². The summed E-state index contributed by atoms with van der Waals surface area (Å²) in [6, 6.07) is 0. The van der Waals surface area contributed by atoms with Crippen molar-refractivity contribution < 1.29 is 9.47 Å². The quantitative estimate of drug-likeness (QED) is 0.755. The summed E-state index contributed by atoms with van der Waals surface area (Å²) in [6.45, 7) is 8.24. The summed E-state index contributed by atoms with van der Waals surface area (Å²) >= 11 is 0. The van der Waals surface area contributed by atoms with Crippen LogP contribution in [0.25, 0.3) is 0 Å². The average Bonchev–Trinajstić information content (AvgIpc) is 2.30. The zero-order valence-corrected chi connectivity index (χ0v) is 9.92. The zero-order chi connectivity index (χ0) is 10.7. The first kappa shape index (κ1) is 11.4. The van der Waals surface area contributed by atoms with Crippen molar-refractivity contribution in [2.75, 3.05) is 26.3 Å². The molecule has 2 heterocycles. The standard InChI is InChI=1S/C12H23NO2/c1-3-12(2)9-13-8-11(15-12)10-4-6-14-7-5-10/h10-11,13H,3-9H2,1-2H3. The Bertz CT molecular complexity index is 204. The van der Waals surface area contributed by atoms with E-state index in [2.05, 4.69) is 19.2 Å². The van der Waals surface area contributed by atoms with Crippen molar-refractivity contribution in [3.8, 4) is 0 Å². The molecule has 2 rings (SSSR count). The van der Waals surface area contributed by atoms with E-state index in [0.717, 1.165) is 45.6 Å². The normalized spacial score (nSPS) is 39.2. The first-order valence-corrected chi connectivity index (χ1v) is 6.20. The van der Waals surface area contributed by atoms with Gasteiger partial charge in [-0.1, -0.05) is 6.92 Å². The number of rotatable bonds is 2. The molecule has 2 aliphatic rings. The minimum atomic E-state index is 0.0429. The second-order valence-corrected chi connectivity index (χ2v) is 5.04. The smallest absolute Gasteiger partial charge is 0.0780 e. The highest BCUT2D eigenvalue weighted by atomic mass is 16.5. The first-order chi connectivity index (χ1) is 7.23. The van der Waals surface area contributed by atoms with Crippen molar-refractivity contribution in [2.45, 2.75) is 44.8 Å². The van der Waals surface area contributed by atoms with Gasteiger partial charge in [0, 0.05) is 26.3 Å². The maximum Gasteiger partial charge on any atom is 0.0780 e. The minimum absolute atomic E-state index is 0.0429. The molecule has 0 aromatic rings. The highest BCUT2D eigenvalue weighted by Crippen LogP contribution is 2.28. The van der Waals surface area contributed by atoms with Gasteiger partial charge >= 0.3 is 0 Å². The van der Waals surface area contributed by atoms with E-state index in [1.54, 1.807) is 0 Å². The Hall–Kier alpha value is -0.120. The molecule has 88 valence electrons. The van der Waals surface area contributed by atoms with Gasteiger partial charge in [0.2, 0.25) is 0 Å². The lowest BCUT2D eigenvalue weighted by molar-refractivity contribution is -0.140. The molecule has 0 saturated carbocycles. The fourth-order valence-corrected chi connectivity index (χ4v) is 2.49. The van der Waals surface area contributed by atoms with Gasteiger partial charge in [0.1, 0.15) is 0 Å². The third-order valence-electron chi connectivity index (χ3n) is 3.82. The first-order valence-electron chi connectivity index (χ1n) is 6.20. The summed E-state index contributed by atoms with van der Waals surface area (Å²) in [5.41, 5.74) is 0.0429. The fourth-order valence-electron chi connectivity index (χ4n) is 2.49. The van der Waals surface area contributed by atoms with E-state index in [9.17, 15) is 0 Å². The van der Waals surface area contributed by atoms with Crippen LogP contribution in [0.5, 0.6) is 0 Å². The summed E-state index contributed by atoms with van der Waals surface area (Å²) in [4.78, 5) is 0. The number of hydrogen-bond acceptors (Lipinski definition) is 3. The Labute approximate surface area is 92.5 Å². The SMILES string of the molecule is CCC1(C)CNCC(C2CCOCC2)O1. The van der Waals surface area contributed by atoms with Gasteiger partial charge in [0.15, 0.2) is 0 Å². The minimum Gasteiger partial charge on any atom is -0.381 e. The largest absolute Gasteiger partial charge is 0.381 e. The van der Waals surface area contributed by atoms with E-state index in [0.29, 0.717) is 12.0 Å². The zero-order valence-electron chi connectivity index (χ0n) is 9.92. The van der Waals surface area contributed by atoms with Crippen LogP contribution in [-0.4, -0.2) is 38.0 Å². The van der Waals surface area contributed by atoms with E-state index >= 15 is 0 Å². The molecule has 0 bridgehead atoms. The Morgan fingerprint density at radius 1 is 1.33 bits per heavy atom. The molecule has 0 amide bonds. The Kier molecular flexibility index (Phi) is 3.65. The lowest BCUT2D eigenvalue weighted by Crippen LogP contribution is -2.54. The maximum absolute atomic E-state index is 6.24. The lowest BCUT2D eigenvalue weighted by atomic mass is 9.90. The summed E-state index contributed by atoms with van der Waals surface area (Å²) in [5, 5.41) is 3.51. The van der Waals surface area contributed by atoms with Crippen molar-refractivity contribution >= 4 is 0 Å². The third kappa shape index (κ3) is 2.71. The molecule has 2 aliphatic heterocycles. The van der Waals surface area contributed by atoms with Crippen molar-refractivity contribution in [3.05, 3.63) is 0 Å². The lowest BCUT2D eigenvalue weighted by Gasteiger charge is -2.42. The summed E-state index contributed by atoms with van der Waals surface area (Å²) in [6.07, 6.45) is 3.80. The van der Waals surface area contributed by atoms with Gasteiger partial charge in [-0.3, -0.25) is 0 Å². The topological polar surface area (TPSA) is 30.5 Å². The molecule has 3 nitrogen and oxygen atoms in total. The molecule has 0 aromatic carbocycles. The summed E-state index contributed by atoms with van der Waals surface area (Å²) in [5.74, 6) is 0.692. The molecular formula is C12H23NO2. The van der Waals surface area contributed by atoms with E-state index in [1.807, 2.05) is 0 Å². The summed E-state index contributed by atoms with van der Waals surface area (Å²) < 4.78 is 11.6. The average molecular weight is 213 g/mol. The van der Waals surface area contributed by atoms with Crippen LogP contribution >= 0.6 is 0 Å². The molecule has 0 spiro atoms. The van der Waals surface area contributed by atoms with Crippen LogP contribution in [0.2, 0.25) is 0 Å². The fraction of sp³-hybridized carbons (Fsp3) is 1.00. The number of morpholine rings is 1. The van der Waals surface area contributed by atoms with Crippen molar-refractivity contribution in [1.82, 2.24) is 5.32 Å². The molecule has 0 aromatic heterocycles. The summed E-state index contributed by atoms with van der Waals surface area (Å²) in [7, 11) is 0. The predicted octanol–water partition coefficient (Wildman–Crippen LogP) is 1.57. The highest BCUT2D eigenvalue weighted by Gasteiger charge is 2.35. The van der Waals surface area contributed by atoms with Crippen LogP contribution in [0.15, 0.2) is 0 Å². The van der Waals surface area contributed by atoms with Crippen LogP contribution < -0.4 is 5.32 Å². The number of ether oxygens (including phenoxy) is 2. The van der Waals surface area contributed by atoms with Gasteiger partial charge < -0.3 is 14.8 Å². The molecule has 0 radical (unpaired) electrons. The molecule has 15 heavy (non-hydrogen) atoms. The molecule has 2 atom stereocenters. The molecule has 1 N–H and O–H groups in total. The van der Waals surface area contributed by atoms with Gasteiger partial charge in [0.05, 0.1) is 11.7 Å². The van der Waals surface area contributed by atoms with E-state index in [1.165, 1.54) is 0 Å². The van der Waals surface area contributed by atoms with Crippen LogP contribution in [0.4, 0.5) is 0 Å². The van der Waals surface area contributed by atoms with Crippen LogP contribution in [0, 0.1) is 5.92 Å². The predicted molar refractivity (Wildman–Crippen MR) is 60.0 cm³/mol. The second-order valence-electron chi connectivity index (χ2n) is 5.04. The number of nitrogens with one attached hydrogen (secondary N) is 1. The molecule has 3 heteroatoms. The Balaban J connectivity index is 1.91. The van der Waals surface area contributed by atoms with Gasteiger partial charge in [-0.25, -0.2) is 0 Å². The van der Waals surface area contributed by atoms with Gasteiger partial charge in [-0.15, -0.1) is 0 Å². The van der Waals surface area contributed by atoms with Crippen molar-refractivity contribution in [2.24, 2.45) is 5.92 Å². The Morgan fingerprint density at radius 2 is 2.07 bits per heavy atom. The van der Waals surface area contributed by atoms with Crippen LogP contribution in [0.1, 0.15) is 33.1 Å². The second kappa shape index (κ2) is 4.81. The molecule has 2 saturated heterocycles. The van der Waals surface area contributed by atoms with E-state index in [-0.39, 0.29) is 5.60 Å². The van der Waals surface area contributed by atoms with Crippen molar-refractivity contribution in [1.29, 1.82) is 0 Å². The maximum atomic E-state index is 6.24.